The first-order chi connectivity index (χ1) is 17.3. The number of ether oxygens (including phenoxy) is 3. The van der Waals surface area contributed by atoms with Crippen molar-refractivity contribution in [3.05, 3.63) is 83.9 Å². The van der Waals surface area contributed by atoms with Gasteiger partial charge in [0.2, 0.25) is 10.0 Å². The molecule has 0 aromatic heterocycles. The van der Waals surface area contributed by atoms with Crippen LogP contribution in [0.15, 0.2) is 77.9 Å². The van der Waals surface area contributed by atoms with Gasteiger partial charge in [0, 0.05) is 0 Å². The first-order valence-corrected chi connectivity index (χ1v) is 13.0. The summed E-state index contributed by atoms with van der Waals surface area (Å²) in [6.45, 7) is 2.07. The minimum absolute atomic E-state index is 0.275. The van der Waals surface area contributed by atoms with E-state index in [-0.39, 0.29) is 5.69 Å². The Morgan fingerprint density at radius 1 is 0.972 bits per heavy atom. The van der Waals surface area contributed by atoms with Crippen molar-refractivity contribution in [3.63, 3.8) is 0 Å². The quantitative estimate of drug-likeness (QED) is 0.294. The Morgan fingerprint density at radius 3 is 2.39 bits per heavy atom. The molecular weight excluding hydrogens is 482 g/mol. The molecule has 0 radical (unpaired) electrons. The Labute approximate surface area is 211 Å². The fourth-order valence-electron chi connectivity index (χ4n) is 3.29. The van der Waals surface area contributed by atoms with Gasteiger partial charge in [0.05, 0.1) is 31.9 Å². The van der Waals surface area contributed by atoms with Crippen molar-refractivity contribution in [2.24, 2.45) is 5.10 Å². The van der Waals surface area contributed by atoms with E-state index >= 15 is 0 Å². The molecule has 0 aliphatic heterocycles. The molecule has 0 fully saturated rings. The average Bonchev–Trinajstić information content (AvgIpc) is 2.87. The Balaban J connectivity index is 1.65. The number of hydrogen-bond acceptors (Lipinski definition) is 7. The van der Waals surface area contributed by atoms with Gasteiger partial charge in [0.15, 0.2) is 11.5 Å². The number of nitrogens with one attached hydrogen (secondary N) is 1. The second-order valence-electron chi connectivity index (χ2n) is 7.65. The SMILES string of the molecule is CCOc1ccccc1N(CC(=O)N/N=C\c1ccc(OCc2ccccc2)c(OC)c1)S(C)(=O)=O. The smallest absolute Gasteiger partial charge is 0.260 e. The Kier molecular flexibility index (Phi) is 9.29. The molecule has 10 heteroatoms. The zero-order valence-electron chi connectivity index (χ0n) is 20.4. The van der Waals surface area contributed by atoms with Crippen LogP contribution < -0.4 is 23.9 Å². The molecule has 36 heavy (non-hydrogen) atoms. The number of benzene rings is 3. The standard InChI is InChI=1S/C26H29N3O6S/c1-4-34-23-13-9-8-12-22(23)29(36(3,31)32)18-26(30)28-27-17-21-14-15-24(25(16-21)33-2)35-19-20-10-6-5-7-11-20/h5-17H,4,18-19H2,1-3H3,(H,28,30)/b27-17-. The molecule has 0 aliphatic rings. The second-order valence-corrected chi connectivity index (χ2v) is 9.55. The van der Waals surface area contributed by atoms with Crippen molar-refractivity contribution >= 4 is 27.8 Å². The third-order valence-corrected chi connectivity index (χ3v) is 6.08. The Morgan fingerprint density at radius 2 is 1.69 bits per heavy atom. The average molecular weight is 512 g/mol. The monoisotopic (exact) mass is 511 g/mol. The maximum atomic E-state index is 12.5. The van der Waals surface area contributed by atoms with Crippen LogP contribution in [0.1, 0.15) is 18.1 Å². The predicted octanol–water partition coefficient (Wildman–Crippen LogP) is 3.59. The van der Waals surface area contributed by atoms with Gasteiger partial charge in [0.25, 0.3) is 5.91 Å². The molecule has 3 aromatic rings. The zero-order valence-corrected chi connectivity index (χ0v) is 21.2. The molecule has 0 heterocycles. The lowest BCUT2D eigenvalue weighted by molar-refractivity contribution is -0.119. The van der Waals surface area contributed by atoms with Gasteiger partial charge >= 0.3 is 0 Å². The van der Waals surface area contributed by atoms with Gasteiger partial charge in [-0.3, -0.25) is 9.10 Å². The number of nitrogens with zero attached hydrogens (tertiary/aromatic N) is 2. The minimum atomic E-state index is -3.76. The van der Waals surface area contributed by atoms with Crippen LogP contribution in [0.4, 0.5) is 5.69 Å². The summed E-state index contributed by atoms with van der Waals surface area (Å²) >= 11 is 0. The summed E-state index contributed by atoms with van der Waals surface area (Å²) in [5.74, 6) is 0.831. The van der Waals surface area contributed by atoms with Crippen LogP contribution in [-0.4, -0.2) is 47.1 Å². The molecule has 0 saturated heterocycles. The predicted molar refractivity (Wildman–Crippen MR) is 139 cm³/mol. The largest absolute Gasteiger partial charge is 0.493 e. The van der Waals surface area contributed by atoms with Crippen LogP contribution in [0.3, 0.4) is 0 Å². The molecular formula is C26H29N3O6S. The van der Waals surface area contributed by atoms with E-state index in [0.717, 1.165) is 16.1 Å². The van der Waals surface area contributed by atoms with E-state index < -0.39 is 22.5 Å². The number of anilines is 1. The number of carbonyl (C=O) groups is 1. The highest BCUT2D eigenvalue weighted by Crippen LogP contribution is 2.30. The molecule has 9 nitrogen and oxygen atoms in total. The lowest BCUT2D eigenvalue weighted by atomic mass is 10.2. The molecule has 0 saturated carbocycles. The van der Waals surface area contributed by atoms with Gasteiger partial charge in [0.1, 0.15) is 18.9 Å². The van der Waals surface area contributed by atoms with E-state index in [0.29, 0.717) is 36.0 Å². The van der Waals surface area contributed by atoms with E-state index in [9.17, 15) is 13.2 Å². The lowest BCUT2D eigenvalue weighted by Gasteiger charge is -2.23. The van der Waals surface area contributed by atoms with Crippen molar-refractivity contribution in [1.82, 2.24) is 5.43 Å². The molecule has 190 valence electrons. The van der Waals surface area contributed by atoms with Crippen LogP contribution in [0.25, 0.3) is 0 Å². The van der Waals surface area contributed by atoms with Crippen molar-refractivity contribution in [2.45, 2.75) is 13.5 Å². The first-order valence-electron chi connectivity index (χ1n) is 11.2. The lowest BCUT2D eigenvalue weighted by Crippen LogP contribution is -2.39. The number of methoxy groups -OCH3 is 1. The summed E-state index contributed by atoms with van der Waals surface area (Å²) in [4.78, 5) is 12.5. The number of carbonyl (C=O) groups excluding carboxylic acids is 1. The maximum absolute atomic E-state index is 12.5. The van der Waals surface area contributed by atoms with Crippen LogP contribution in [0.2, 0.25) is 0 Å². The summed E-state index contributed by atoms with van der Waals surface area (Å²) < 4.78 is 42.5. The van der Waals surface area contributed by atoms with E-state index in [1.54, 1.807) is 49.4 Å². The highest BCUT2D eigenvalue weighted by Gasteiger charge is 2.23. The molecule has 3 aromatic carbocycles. The normalized spacial score (nSPS) is 11.2. The van der Waals surface area contributed by atoms with Crippen LogP contribution in [0, 0.1) is 0 Å². The van der Waals surface area contributed by atoms with E-state index in [1.807, 2.05) is 30.3 Å². The van der Waals surface area contributed by atoms with Crippen molar-refractivity contribution in [3.8, 4) is 17.2 Å². The van der Waals surface area contributed by atoms with Crippen molar-refractivity contribution in [2.75, 3.05) is 30.8 Å². The number of amides is 1. The molecule has 0 aliphatic carbocycles. The fraction of sp³-hybridized carbons (Fsp3) is 0.231. The highest BCUT2D eigenvalue weighted by molar-refractivity contribution is 7.92. The highest BCUT2D eigenvalue weighted by atomic mass is 32.2. The number of rotatable bonds is 12. The summed E-state index contributed by atoms with van der Waals surface area (Å²) in [6, 6.07) is 21.6. The van der Waals surface area contributed by atoms with Crippen molar-refractivity contribution < 1.29 is 27.4 Å². The van der Waals surface area contributed by atoms with Crippen LogP contribution in [0.5, 0.6) is 17.2 Å². The molecule has 0 spiro atoms. The summed E-state index contributed by atoms with van der Waals surface area (Å²) in [6.07, 6.45) is 2.46. The van der Waals surface area contributed by atoms with Gasteiger partial charge in [-0.1, -0.05) is 42.5 Å². The summed E-state index contributed by atoms with van der Waals surface area (Å²) in [7, 11) is -2.23. The van der Waals surface area contributed by atoms with Crippen LogP contribution in [-0.2, 0) is 21.4 Å². The molecule has 0 bridgehead atoms. The molecule has 3 rings (SSSR count). The number of para-hydroxylation sites is 2. The van der Waals surface area contributed by atoms with Gasteiger partial charge in [-0.05, 0) is 48.4 Å². The molecule has 0 unspecified atom stereocenters. The zero-order chi connectivity index (χ0) is 26.0. The minimum Gasteiger partial charge on any atom is -0.493 e. The Bertz CT molecular complexity index is 1300. The molecule has 1 N–H and O–H groups in total. The van der Waals surface area contributed by atoms with Gasteiger partial charge in [-0.2, -0.15) is 5.10 Å². The van der Waals surface area contributed by atoms with Gasteiger partial charge in [-0.25, -0.2) is 13.8 Å². The molecule has 1 amide bonds. The van der Waals surface area contributed by atoms with Crippen molar-refractivity contribution in [1.29, 1.82) is 0 Å². The number of hydrazone groups is 1. The first kappa shape index (κ1) is 26.6. The molecule has 0 atom stereocenters. The fourth-order valence-corrected chi connectivity index (χ4v) is 4.15. The Hall–Kier alpha value is -4.05. The van der Waals surface area contributed by atoms with E-state index in [4.69, 9.17) is 14.2 Å². The summed E-state index contributed by atoms with van der Waals surface area (Å²) in [5, 5.41) is 3.95. The van der Waals surface area contributed by atoms with Crippen LogP contribution >= 0.6 is 0 Å². The number of sulfonamides is 1. The summed E-state index contributed by atoms with van der Waals surface area (Å²) in [5.41, 5.74) is 4.32. The number of hydrogen-bond donors (Lipinski definition) is 1. The third-order valence-electron chi connectivity index (χ3n) is 4.95. The van der Waals surface area contributed by atoms with E-state index in [2.05, 4.69) is 10.5 Å². The van der Waals surface area contributed by atoms with Gasteiger partial charge < -0.3 is 14.2 Å². The maximum Gasteiger partial charge on any atom is 0.260 e. The topological polar surface area (TPSA) is 107 Å². The second kappa shape index (κ2) is 12.6. The van der Waals surface area contributed by atoms with E-state index in [1.165, 1.54) is 13.3 Å². The third kappa shape index (κ3) is 7.47. The van der Waals surface area contributed by atoms with Gasteiger partial charge in [-0.15, -0.1) is 0 Å².